The summed E-state index contributed by atoms with van der Waals surface area (Å²) in [6.45, 7) is 4.23. The molecule has 1 rings (SSSR count). The highest BCUT2D eigenvalue weighted by Crippen LogP contribution is 2.12. The summed E-state index contributed by atoms with van der Waals surface area (Å²) in [6.07, 6.45) is 7.36. The van der Waals surface area contributed by atoms with Gasteiger partial charge in [0.15, 0.2) is 0 Å². The zero-order valence-electron chi connectivity index (χ0n) is 10.1. The molecule has 0 spiro atoms. The van der Waals surface area contributed by atoms with E-state index in [1.807, 2.05) is 24.3 Å². The summed E-state index contributed by atoms with van der Waals surface area (Å²) in [5, 5.41) is 0. The van der Waals surface area contributed by atoms with Gasteiger partial charge in [0.05, 0.1) is 10.8 Å². The van der Waals surface area contributed by atoms with Gasteiger partial charge in [0, 0.05) is 10.6 Å². The van der Waals surface area contributed by atoms with Gasteiger partial charge in [-0.15, -0.1) is 0 Å². The van der Waals surface area contributed by atoms with Crippen LogP contribution in [0, 0.1) is 0 Å². The largest absolute Gasteiger partial charge is 0.254 e. The fourth-order valence-corrected chi connectivity index (χ4v) is 2.69. The molecule has 88 valence electrons. The predicted octanol–water partition coefficient (Wildman–Crippen LogP) is 4.02. The van der Waals surface area contributed by atoms with E-state index in [1.165, 1.54) is 0 Å². The van der Waals surface area contributed by atoms with Gasteiger partial charge >= 0.3 is 0 Å². The third-order valence-electron chi connectivity index (χ3n) is 2.35. The number of rotatable bonds is 6. The maximum absolute atomic E-state index is 11.9. The lowest BCUT2D eigenvalue weighted by Gasteiger charge is -2.02. The van der Waals surface area contributed by atoms with Gasteiger partial charge in [0.25, 0.3) is 0 Å². The zero-order valence-corrected chi connectivity index (χ0v) is 10.9. The Bertz CT molecular complexity index is 369. The maximum Gasteiger partial charge on any atom is 0.0529 e. The normalized spacial score (nSPS) is 13.1. The molecule has 0 amide bonds. The lowest BCUT2D eigenvalue weighted by Crippen LogP contribution is -1.97. The first-order valence-electron chi connectivity index (χ1n) is 5.93. The zero-order chi connectivity index (χ0) is 11.8. The Balaban J connectivity index is 2.73. The van der Waals surface area contributed by atoms with Crippen LogP contribution in [0.5, 0.6) is 0 Å². The minimum atomic E-state index is -0.833. The second kappa shape index (κ2) is 7.39. The molecule has 0 aromatic heterocycles. The third-order valence-corrected chi connectivity index (χ3v) is 3.79. The molecule has 0 aliphatic heterocycles. The van der Waals surface area contributed by atoms with Gasteiger partial charge in [-0.05, 0) is 30.5 Å². The van der Waals surface area contributed by atoms with E-state index in [4.69, 9.17) is 0 Å². The highest BCUT2D eigenvalue weighted by Gasteiger charge is 2.02. The van der Waals surface area contributed by atoms with Crippen LogP contribution >= 0.6 is 0 Å². The highest BCUT2D eigenvalue weighted by molar-refractivity contribution is 7.85. The molecule has 0 bridgehead atoms. The fourth-order valence-electron chi connectivity index (χ4n) is 1.41. The smallest absolute Gasteiger partial charge is 0.0529 e. The summed E-state index contributed by atoms with van der Waals surface area (Å²) in [4.78, 5) is 0.951. The summed E-state index contributed by atoms with van der Waals surface area (Å²) in [6, 6.07) is 8.01. The molecule has 0 radical (unpaired) electrons. The lowest BCUT2D eigenvalue weighted by atomic mass is 10.2. The molecule has 0 saturated heterocycles. The van der Waals surface area contributed by atoms with E-state index in [-0.39, 0.29) is 0 Å². The van der Waals surface area contributed by atoms with E-state index in [2.05, 4.69) is 26.0 Å². The predicted molar refractivity (Wildman–Crippen MR) is 72.0 cm³/mol. The molecule has 1 atom stereocenters. The summed E-state index contributed by atoms with van der Waals surface area (Å²) >= 11 is 0. The molecule has 1 unspecified atom stereocenters. The molecule has 2 heteroatoms. The molecule has 1 aromatic carbocycles. The highest BCUT2D eigenvalue weighted by atomic mass is 32.2. The van der Waals surface area contributed by atoms with Crippen LogP contribution in [0.1, 0.15) is 38.7 Å². The van der Waals surface area contributed by atoms with Crippen molar-refractivity contribution < 1.29 is 4.21 Å². The van der Waals surface area contributed by atoms with Crippen LogP contribution in [-0.2, 0) is 10.8 Å². The number of benzene rings is 1. The Morgan fingerprint density at radius 1 is 1.31 bits per heavy atom. The van der Waals surface area contributed by atoms with Crippen LogP contribution in [0.15, 0.2) is 35.2 Å². The summed E-state index contributed by atoms with van der Waals surface area (Å²) in [5.74, 6) is 0.775. The maximum atomic E-state index is 11.9. The van der Waals surface area contributed by atoms with Crippen molar-refractivity contribution in [3.63, 3.8) is 0 Å². The second-order valence-electron chi connectivity index (χ2n) is 3.79. The van der Waals surface area contributed by atoms with E-state index >= 15 is 0 Å². The Morgan fingerprint density at radius 3 is 2.81 bits per heavy atom. The molecule has 0 aliphatic carbocycles. The number of hydrogen-bond acceptors (Lipinski definition) is 1. The third kappa shape index (κ3) is 4.31. The van der Waals surface area contributed by atoms with Gasteiger partial charge in [-0.3, -0.25) is 4.21 Å². The van der Waals surface area contributed by atoms with Crippen LogP contribution in [0.3, 0.4) is 0 Å². The fraction of sp³-hybridized carbons (Fsp3) is 0.429. The quantitative estimate of drug-likeness (QED) is 0.729. The Labute approximate surface area is 101 Å². The molecule has 0 N–H and O–H groups in total. The molecular weight excluding hydrogens is 216 g/mol. The van der Waals surface area contributed by atoms with Crippen molar-refractivity contribution in [1.29, 1.82) is 0 Å². The molecular formula is C14H20OS. The number of hydrogen-bond donors (Lipinski definition) is 0. The van der Waals surface area contributed by atoms with Crippen molar-refractivity contribution >= 4 is 16.9 Å². The minimum Gasteiger partial charge on any atom is -0.254 e. The number of allylic oxidation sites excluding steroid dienone is 1. The topological polar surface area (TPSA) is 17.1 Å². The molecule has 1 aromatic rings. The molecule has 0 aliphatic rings. The average molecular weight is 236 g/mol. The van der Waals surface area contributed by atoms with Crippen LogP contribution in [0.25, 0.3) is 6.08 Å². The van der Waals surface area contributed by atoms with Gasteiger partial charge < -0.3 is 0 Å². The first kappa shape index (κ1) is 13.2. The summed E-state index contributed by atoms with van der Waals surface area (Å²) < 4.78 is 11.9. The molecule has 0 heterocycles. The van der Waals surface area contributed by atoms with Crippen molar-refractivity contribution in [3.8, 4) is 0 Å². The van der Waals surface area contributed by atoms with E-state index in [9.17, 15) is 4.21 Å². The monoisotopic (exact) mass is 236 g/mol. The minimum absolute atomic E-state index is 0.775. The molecule has 0 fully saturated rings. The first-order chi connectivity index (χ1) is 7.77. The average Bonchev–Trinajstić information content (AvgIpc) is 2.33. The van der Waals surface area contributed by atoms with Gasteiger partial charge in [-0.2, -0.15) is 0 Å². The lowest BCUT2D eigenvalue weighted by molar-refractivity contribution is 0.679. The van der Waals surface area contributed by atoms with E-state index < -0.39 is 10.8 Å². The van der Waals surface area contributed by atoms with Crippen molar-refractivity contribution in [2.24, 2.45) is 0 Å². The Morgan fingerprint density at radius 2 is 2.12 bits per heavy atom. The van der Waals surface area contributed by atoms with Crippen molar-refractivity contribution in [1.82, 2.24) is 0 Å². The van der Waals surface area contributed by atoms with Gasteiger partial charge in [-0.25, -0.2) is 0 Å². The standard InChI is InChI=1S/C14H20OS/c1-3-5-8-13-9-7-10-14(12-13)16(15)11-6-4-2/h5,7-10,12H,3-4,6,11H2,1-2H3. The Hall–Kier alpha value is -0.890. The number of unbranched alkanes of at least 4 members (excludes halogenated alkanes) is 1. The second-order valence-corrected chi connectivity index (χ2v) is 5.36. The molecule has 0 saturated carbocycles. The van der Waals surface area contributed by atoms with Crippen LogP contribution in [-0.4, -0.2) is 9.96 Å². The molecule has 16 heavy (non-hydrogen) atoms. The van der Waals surface area contributed by atoms with Crippen LogP contribution < -0.4 is 0 Å². The summed E-state index contributed by atoms with van der Waals surface area (Å²) in [7, 11) is -0.833. The van der Waals surface area contributed by atoms with Crippen molar-refractivity contribution in [2.75, 3.05) is 5.75 Å². The first-order valence-corrected chi connectivity index (χ1v) is 7.24. The van der Waals surface area contributed by atoms with Crippen molar-refractivity contribution in [2.45, 2.75) is 38.0 Å². The SMILES string of the molecule is CCC=Cc1cccc(S(=O)CCCC)c1. The van der Waals surface area contributed by atoms with E-state index in [0.717, 1.165) is 35.5 Å². The summed E-state index contributed by atoms with van der Waals surface area (Å²) in [5.41, 5.74) is 1.14. The van der Waals surface area contributed by atoms with E-state index in [1.54, 1.807) is 0 Å². The van der Waals surface area contributed by atoms with Gasteiger partial charge in [0.2, 0.25) is 0 Å². The van der Waals surface area contributed by atoms with Crippen LogP contribution in [0.4, 0.5) is 0 Å². The van der Waals surface area contributed by atoms with Gasteiger partial charge in [-0.1, -0.05) is 44.6 Å². The Kier molecular flexibility index (Phi) is 6.09. The van der Waals surface area contributed by atoms with Gasteiger partial charge in [0.1, 0.15) is 0 Å². The molecule has 1 nitrogen and oxygen atoms in total. The van der Waals surface area contributed by atoms with E-state index in [0.29, 0.717) is 0 Å². The van der Waals surface area contributed by atoms with Crippen molar-refractivity contribution in [3.05, 3.63) is 35.9 Å². The van der Waals surface area contributed by atoms with Crippen LogP contribution in [0.2, 0.25) is 0 Å².